The van der Waals surface area contributed by atoms with E-state index in [0.29, 0.717) is 11.8 Å². The maximum Gasteiger partial charge on any atom is 0.266 e. The van der Waals surface area contributed by atoms with Crippen molar-refractivity contribution >= 4 is 12.2 Å². The number of hydrogen-bond acceptors (Lipinski definition) is 6. The summed E-state index contributed by atoms with van der Waals surface area (Å²) in [6, 6.07) is 13.7. The first-order valence-electron chi connectivity index (χ1n) is 9.15. The number of nitrogens with one attached hydrogen (secondary N) is 1. The molecule has 144 valence electrons. The lowest BCUT2D eigenvalue weighted by molar-refractivity contribution is 0.414. The van der Waals surface area contributed by atoms with Crippen molar-refractivity contribution in [3.8, 4) is 34.3 Å². The fourth-order valence-electron chi connectivity index (χ4n) is 3.49. The second-order valence-electron chi connectivity index (χ2n) is 6.68. The van der Waals surface area contributed by atoms with Gasteiger partial charge in [0.1, 0.15) is 17.2 Å². The summed E-state index contributed by atoms with van der Waals surface area (Å²) in [4.78, 5) is 0. The molecule has 0 spiro atoms. The molecule has 0 fully saturated rings. The van der Waals surface area contributed by atoms with E-state index >= 15 is 0 Å². The molecule has 2 aromatic carbocycles. The van der Waals surface area contributed by atoms with Gasteiger partial charge in [-0.25, -0.2) is 0 Å². The summed E-state index contributed by atoms with van der Waals surface area (Å²) in [6.45, 7) is 0. The molecule has 7 nitrogen and oxygen atoms in total. The highest BCUT2D eigenvalue weighted by Gasteiger charge is 2.27. The normalized spacial score (nSPS) is 12.2. The third-order valence-corrected chi connectivity index (χ3v) is 4.99. The van der Waals surface area contributed by atoms with Crippen LogP contribution in [0.5, 0.6) is 11.5 Å². The van der Waals surface area contributed by atoms with Crippen LogP contribution in [0.1, 0.15) is 22.6 Å². The molecule has 1 N–H and O–H groups in total. The minimum atomic E-state index is 0.424. The molecular formula is C22H18N4O3. The number of nitrogens with zero attached hydrogens (tertiary/aromatic N) is 3. The van der Waals surface area contributed by atoms with Gasteiger partial charge in [-0.3, -0.25) is 5.10 Å². The molecule has 0 amide bonds. The first-order chi connectivity index (χ1) is 14.2. The molecule has 0 aliphatic heterocycles. The van der Waals surface area contributed by atoms with Crippen molar-refractivity contribution in [1.29, 1.82) is 0 Å². The van der Waals surface area contributed by atoms with Crippen molar-refractivity contribution in [3.05, 3.63) is 65.0 Å². The molecule has 0 unspecified atom stereocenters. The number of benzene rings is 2. The second-order valence-corrected chi connectivity index (χ2v) is 6.68. The van der Waals surface area contributed by atoms with Crippen molar-refractivity contribution in [2.75, 3.05) is 14.2 Å². The van der Waals surface area contributed by atoms with Gasteiger partial charge in [-0.15, -0.1) is 10.2 Å². The number of fused-ring (bicyclic) bond motifs is 3. The van der Waals surface area contributed by atoms with Crippen molar-refractivity contribution in [2.45, 2.75) is 6.42 Å². The van der Waals surface area contributed by atoms with Gasteiger partial charge in [-0.05, 0) is 47.5 Å². The van der Waals surface area contributed by atoms with E-state index in [1.165, 1.54) is 5.56 Å². The monoisotopic (exact) mass is 386 g/mol. The zero-order valence-corrected chi connectivity index (χ0v) is 16.0. The minimum Gasteiger partial charge on any atom is -0.497 e. The van der Waals surface area contributed by atoms with Crippen molar-refractivity contribution < 1.29 is 13.9 Å². The molecule has 2 heterocycles. The first kappa shape index (κ1) is 17.2. The number of aromatic nitrogens is 4. The van der Waals surface area contributed by atoms with Gasteiger partial charge in [0.25, 0.3) is 5.89 Å². The van der Waals surface area contributed by atoms with Gasteiger partial charge in [-0.2, -0.15) is 5.10 Å². The van der Waals surface area contributed by atoms with Crippen LogP contribution in [0.3, 0.4) is 0 Å². The summed E-state index contributed by atoms with van der Waals surface area (Å²) in [5.41, 5.74) is 6.02. The van der Waals surface area contributed by atoms with Crippen molar-refractivity contribution in [3.63, 3.8) is 0 Å². The van der Waals surface area contributed by atoms with E-state index in [4.69, 9.17) is 13.9 Å². The molecule has 7 heteroatoms. The number of aromatic amines is 1. The Labute approximate surface area is 167 Å². The number of hydrogen-bond donors (Lipinski definition) is 1. The third-order valence-electron chi connectivity index (χ3n) is 4.99. The molecule has 5 rings (SSSR count). The molecular weight excluding hydrogens is 368 g/mol. The predicted octanol–water partition coefficient (Wildman–Crippen LogP) is 4.22. The average molecular weight is 386 g/mol. The first-order valence-corrected chi connectivity index (χ1v) is 9.15. The number of methoxy groups -OCH3 is 2. The summed E-state index contributed by atoms with van der Waals surface area (Å²) >= 11 is 0. The molecule has 1 aliphatic carbocycles. The van der Waals surface area contributed by atoms with Crippen LogP contribution in [0.4, 0.5) is 0 Å². The van der Waals surface area contributed by atoms with E-state index < -0.39 is 0 Å². The van der Waals surface area contributed by atoms with Crippen LogP contribution in [0, 0.1) is 0 Å². The van der Waals surface area contributed by atoms with E-state index in [0.717, 1.165) is 46.0 Å². The van der Waals surface area contributed by atoms with Gasteiger partial charge < -0.3 is 13.9 Å². The van der Waals surface area contributed by atoms with Gasteiger partial charge >= 0.3 is 0 Å². The maximum atomic E-state index is 5.83. The lowest BCUT2D eigenvalue weighted by Gasteiger charge is -2.03. The topological polar surface area (TPSA) is 86.1 Å². The number of H-pyrrole nitrogens is 1. The zero-order valence-electron chi connectivity index (χ0n) is 16.0. The Balaban J connectivity index is 1.39. The van der Waals surface area contributed by atoms with E-state index in [2.05, 4.69) is 20.4 Å². The highest BCUT2D eigenvalue weighted by molar-refractivity contribution is 5.79. The molecule has 29 heavy (non-hydrogen) atoms. The Morgan fingerprint density at radius 1 is 0.966 bits per heavy atom. The fourth-order valence-corrected chi connectivity index (χ4v) is 3.49. The molecule has 0 saturated heterocycles. The quantitative estimate of drug-likeness (QED) is 0.487. The van der Waals surface area contributed by atoms with Gasteiger partial charge in [0.2, 0.25) is 5.89 Å². The number of rotatable bonds is 5. The largest absolute Gasteiger partial charge is 0.497 e. The SMILES string of the molecule is COc1ccc(/C=C/c2nnc(-c3[nH]nc4c3Cc3cc(OC)ccc3-4)o2)cc1. The van der Waals surface area contributed by atoms with E-state index in [1.54, 1.807) is 20.3 Å². The van der Waals surface area contributed by atoms with E-state index in [-0.39, 0.29) is 0 Å². The Morgan fingerprint density at radius 3 is 2.55 bits per heavy atom. The Bertz CT molecular complexity index is 1210. The summed E-state index contributed by atoms with van der Waals surface area (Å²) in [5, 5.41) is 15.8. The number of ether oxygens (including phenoxy) is 2. The standard InChI is InChI=1S/C22H18N4O3/c1-27-15-6-3-13(4-7-15)5-10-19-23-26-22(29-19)21-18-12-14-11-16(28-2)8-9-17(14)20(18)24-25-21/h3-11H,12H2,1-2H3,(H,24,25)/b10-5+. The van der Waals surface area contributed by atoms with Crippen LogP contribution in [0.25, 0.3) is 35.0 Å². The van der Waals surface area contributed by atoms with Gasteiger partial charge in [-0.1, -0.05) is 12.1 Å². The molecule has 0 saturated carbocycles. The van der Waals surface area contributed by atoms with Crippen molar-refractivity contribution in [2.24, 2.45) is 0 Å². The fraction of sp³-hybridized carbons (Fsp3) is 0.136. The van der Waals surface area contributed by atoms with Crippen LogP contribution in [0.2, 0.25) is 0 Å². The predicted molar refractivity (Wildman–Crippen MR) is 109 cm³/mol. The van der Waals surface area contributed by atoms with Crippen LogP contribution in [0.15, 0.2) is 46.9 Å². The Kier molecular flexibility index (Phi) is 4.13. The van der Waals surface area contributed by atoms with Gasteiger partial charge in [0.15, 0.2) is 0 Å². The minimum absolute atomic E-state index is 0.424. The van der Waals surface area contributed by atoms with E-state index in [9.17, 15) is 0 Å². The molecule has 0 radical (unpaired) electrons. The molecule has 0 atom stereocenters. The molecule has 4 aromatic rings. The van der Waals surface area contributed by atoms with Gasteiger partial charge in [0, 0.05) is 23.6 Å². The van der Waals surface area contributed by atoms with Crippen LogP contribution in [-0.4, -0.2) is 34.6 Å². The Hall–Kier alpha value is -3.87. The highest BCUT2D eigenvalue weighted by Crippen LogP contribution is 2.41. The van der Waals surface area contributed by atoms with Crippen LogP contribution < -0.4 is 9.47 Å². The lowest BCUT2D eigenvalue weighted by Crippen LogP contribution is -1.89. The highest BCUT2D eigenvalue weighted by atomic mass is 16.5. The zero-order chi connectivity index (χ0) is 19.8. The van der Waals surface area contributed by atoms with Crippen LogP contribution >= 0.6 is 0 Å². The summed E-state index contributed by atoms with van der Waals surface area (Å²) in [6.07, 6.45) is 4.44. The van der Waals surface area contributed by atoms with Crippen molar-refractivity contribution in [1.82, 2.24) is 20.4 Å². The average Bonchev–Trinajstić information content (AvgIpc) is 3.47. The maximum absolute atomic E-state index is 5.83. The molecule has 2 aromatic heterocycles. The van der Waals surface area contributed by atoms with Crippen LogP contribution in [-0.2, 0) is 6.42 Å². The summed E-state index contributed by atoms with van der Waals surface area (Å²) < 4.78 is 16.3. The van der Waals surface area contributed by atoms with Gasteiger partial charge in [0.05, 0.1) is 19.9 Å². The van der Waals surface area contributed by atoms with E-state index in [1.807, 2.05) is 48.5 Å². The summed E-state index contributed by atoms with van der Waals surface area (Å²) in [5.74, 6) is 2.50. The lowest BCUT2D eigenvalue weighted by atomic mass is 10.1. The summed E-state index contributed by atoms with van der Waals surface area (Å²) in [7, 11) is 3.31. The molecule has 0 bridgehead atoms. The second kappa shape index (κ2) is 6.94. The smallest absolute Gasteiger partial charge is 0.266 e. The third kappa shape index (κ3) is 3.06. The Morgan fingerprint density at radius 2 is 1.76 bits per heavy atom. The molecule has 1 aliphatic rings.